The Kier molecular flexibility index (Phi) is 3.75. The van der Waals surface area contributed by atoms with Gasteiger partial charge in [-0.25, -0.2) is 9.97 Å². The summed E-state index contributed by atoms with van der Waals surface area (Å²) >= 11 is 1.51. The van der Waals surface area contributed by atoms with Crippen molar-refractivity contribution < 1.29 is 0 Å². The van der Waals surface area contributed by atoms with Crippen LogP contribution in [0.25, 0.3) is 0 Å². The van der Waals surface area contributed by atoms with Gasteiger partial charge in [0.05, 0.1) is 5.69 Å². The standard InChI is InChI=1S/C11H15N5S/c1-8-5-10(16(2)15-8)17-11-13-6-9(3-4-12)7-14-11/h5-7H,3-4,12H2,1-2H3. The first-order valence-electron chi connectivity index (χ1n) is 5.38. The maximum atomic E-state index is 5.47. The van der Waals surface area contributed by atoms with Gasteiger partial charge in [-0.3, -0.25) is 4.68 Å². The summed E-state index contributed by atoms with van der Waals surface area (Å²) in [4.78, 5) is 8.60. The first-order chi connectivity index (χ1) is 8.19. The molecule has 0 saturated heterocycles. The van der Waals surface area contributed by atoms with Crippen LogP contribution in [0.5, 0.6) is 0 Å². The lowest BCUT2D eigenvalue weighted by Gasteiger charge is -2.01. The topological polar surface area (TPSA) is 69.6 Å². The van der Waals surface area contributed by atoms with Crippen molar-refractivity contribution in [2.45, 2.75) is 23.5 Å². The minimum Gasteiger partial charge on any atom is -0.330 e. The van der Waals surface area contributed by atoms with Crippen molar-refractivity contribution >= 4 is 11.8 Å². The summed E-state index contributed by atoms with van der Waals surface area (Å²) in [5.74, 6) is 0. The van der Waals surface area contributed by atoms with Crippen LogP contribution in [0.1, 0.15) is 11.3 Å². The fourth-order valence-electron chi connectivity index (χ4n) is 1.47. The van der Waals surface area contributed by atoms with Crippen LogP contribution in [-0.2, 0) is 13.5 Å². The number of aromatic nitrogens is 4. The molecule has 0 atom stereocenters. The largest absolute Gasteiger partial charge is 0.330 e. The normalized spacial score (nSPS) is 10.8. The van der Waals surface area contributed by atoms with Gasteiger partial charge in [-0.1, -0.05) is 0 Å². The van der Waals surface area contributed by atoms with Gasteiger partial charge in [-0.15, -0.1) is 0 Å². The zero-order valence-corrected chi connectivity index (χ0v) is 10.7. The molecule has 0 bridgehead atoms. The van der Waals surface area contributed by atoms with Crippen LogP contribution in [0.3, 0.4) is 0 Å². The minimum absolute atomic E-state index is 0.622. The van der Waals surface area contributed by atoms with Gasteiger partial charge in [-0.05, 0) is 43.3 Å². The van der Waals surface area contributed by atoms with E-state index < -0.39 is 0 Å². The highest BCUT2D eigenvalue weighted by atomic mass is 32.2. The van der Waals surface area contributed by atoms with E-state index in [-0.39, 0.29) is 0 Å². The van der Waals surface area contributed by atoms with E-state index in [0.717, 1.165) is 27.9 Å². The maximum absolute atomic E-state index is 5.47. The minimum atomic E-state index is 0.622. The van der Waals surface area contributed by atoms with Crippen molar-refractivity contribution in [1.29, 1.82) is 0 Å². The zero-order chi connectivity index (χ0) is 12.3. The lowest BCUT2D eigenvalue weighted by molar-refractivity contribution is 0.691. The Morgan fingerprint density at radius 3 is 2.59 bits per heavy atom. The van der Waals surface area contributed by atoms with E-state index >= 15 is 0 Å². The molecule has 0 aliphatic rings. The molecular formula is C11H15N5S. The van der Waals surface area contributed by atoms with Crippen molar-refractivity contribution in [2.24, 2.45) is 12.8 Å². The molecule has 17 heavy (non-hydrogen) atoms. The lowest BCUT2D eigenvalue weighted by atomic mass is 10.2. The summed E-state index contributed by atoms with van der Waals surface area (Å²) in [6, 6.07) is 2.02. The molecule has 0 aliphatic heterocycles. The van der Waals surface area contributed by atoms with E-state index in [9.17, 15) is 0 Å². The van der Waals surface area contributed by atoms with Gasteiger partial charge in [0.15, 0.2) is 5.16 Å². The average Bonchev–Trinajstić information content (AvgIpc) is 2.61. The van der Waals surface area contributed by atoms with Gasteiger partial charge in [-0.2, -0.15) is 5.10 Å². The number of aryl methyl sites for hydroxylation is 2. The van der Waals surface area contributed by atoms with Gasteiger partial charge < -0.3 is 5.73 Å². The molecule has 2 aromatic rings. The predicted molar refractivity (Wildman–Crippen MR) is 66.9 cm³/mol. The molecule has 90 valence electrons. The van der Waals surface area contributed by atoms with Crippen molar-refractivity contribution in [2.75, 3.05) is 6.54 Å². The second kappa shape index (κ2) is 5.29. The summed E-state index contributed by atoms with van der Waals surface area (Å²) in [5.41, 5.74) is 7.54. The van der Waals surface area contributed by atoms with Crippen LogP contribution in [0, 0.1) is 6.92 Å². The molecule has 2 aromatic heterocycles. The number of hydrogen-bond donors (Lipinski definition) is 1. The first kappa shape index (κ1) is 12.1. The predicted octanol–water partition coefficient (Wildman–Crippen LogP) is 1.17. The van der Waals surface area contributed by atoms with Crippen LogP contribution in [-0.4, -0.2) is 26.3 Å². The highest BCUT2D eigenvalue weighted by Crippen LogP contribution is 2.24. The molecule has 6 heteroatoms. The van der Waals surface area contributed by atoms with Gasteiger partial charge in [0.2, 0.25) is 0 Å². The Labute approximate surface area is 104 Å². The summed E-state index contributed by atoms with van der Waals surface area (Å²) in [7, 11) is 1.91. The third kappa shape index (κ3) is 3.04. The van der Waals surface area contributed by atoms with Crippen LogP contribution in [0.15, 0.2) is 28.6 Å². The molecule has 0 radical (unpaired) electrons. The van der Waals surface area contributed by atoms with Crippen LogP contribution < -0.4 is 5.73 Å². The third-order valence-electron chi connectivity index (χ3n) is 2.27. The van der Waals surface area contributed by atoms with E-state index in [2.05, 4.69) is 15.1 Å². The second-order valence-corrected chi connectivity index (χ2v) is 4.75. The molecule has 0 aromatic carbocycles. The molecule has 0 aliphatic carbocycles. The Balaban J connectivity index is 2.11. The van der Waals surface area contributed by atoms with Crippen LogP contribution in [0.4, 0.5) is 0 Å². The summed E-state index contributed by atoms with van der Waals surface area (Å²) in [5, 5.41) is 6.04. The highest BCUT2D eigenvalue weighted by Gasteiger charge is 2.06. The van der Waals surface area contributed by atoms with Crippen molar-refractivity contribution in [3.8, 4) is 0 Å². The van der Waals surface area contributed by atoms with E-state index in [1.807, 2.05) is 37.1 Å². The van der Waals surface area contributed by atoms with E-state index in [1.165, 1.54) is 11.8 Å². The lowest BCUT2D eigenvalue weighted by Crippen LogP contribution is -2.03. The van der Waals surface area contributed by atoms with Crippen molar-refractivity contribution in [3.05, 3.63) is 29.7 Å². The zero-order valence-electron chi connectivity index (χ0n) is 9.92. The number of hydrogen-bond acceptors (Lipinski definition) is 5. The third-order valence-corrected chi connectivity index (χ3v) is 3.25. The molecule has 2 heterocycles. The molecule has 0 unspecified atom stereocenters. The SMILES string of the molecule is Cc1cc(Sc2ncc(CCN)cn2)n(C)n1. The van der Waals surface area contributed by atoms with Gasteiger partial charge >= 0.3 is 0 Å². The van der Waals surface area contributed by atoms with Crippen LogP contribution >= 0.6 is 11.8 Å². The molecule has 2 N–H and O–H groups in total. The van der Waals surface area contributed by atoms with Gasteiger partial charge in [0, 0.05) is 19.4 Å². The number of rotatable bonds is 4. The van der Waals surface area contributed by atoms with E-state index in [1.54, 1.807) is 0 Å². The van der Waals surface area contributed by atoms with E-state index in [4.69, 9.17) is 5.73 Å². The molecule has 0 spiro atoms. The maximum Gasteiger partial charge on any atom is 0.193 e. The Morgan fingerprint density at radius 2 is 2.06 bits per heavy atom. The molecular weight excluding hydrogens is 234 g/mol. The fourth-order valence-corrected chi connectivity index (χ4v) is 2.27. The molecule has 5 nitrogen and oxygen atoms in total. The fraction of sp³-hybridized carbons (Fsp3) is 0.364. The molecule has 0 amide bonds. The van der Waals surface area contributed by atoms with Gasteiger partial charge in [0.1, 0.15) is 5.03 Å². The number of nitrogens with two attached hydrogens (primary N) is 1. The molecule has 0 saturated carbocycles. The monoisotopic (exact) mass is 249 g/mol. The smallest absolute Gasteiger partial charge is 0.193 e. The Hall–Kier alpha value is -1.40. The van der Waals surface area contributed by atoms with Crippen molar-refractivity contribution in [3.63, 3.8) is 0 Å². The highest BCUT2D eigenvalue weighted by molar-refractivity contribution is 7.99. The summed E-state index contributed by atoms with van der Waals surface area (Å²) < 4.78 is 1.83. The Bertz CT molecular complexity index is 491. The molecule has 2 rings (SSSR count). The average molecular weight is 249 g/mol. The van der Waals surface area contributed by atoms with E-state index in [0.29, 0.717) is 6.54 Å². The quantitative estimate of drug-likeness (QED) is 0.824. The summed E-state index contributed by atoms with van der Waals surface area (Å²) in [6.07, 6.45) is 4.46. The first-order valence-corrected chi connectivity index (χ1v) is 6.20. The molecule has 0 fully saturated rings. The van der Waals surface area contributed by atoms with Crippen LogP contribution in [0.2, 0.25) is 0 Å². The number of nitrogens with zero attached hydrogens (tertiary/aromatic N) is 4. The second-order valence-electron chi connectivity index (χ2n) is 3.76. The van der Waals surface area contributed by atoms with Crippen molar-refractivity contribution in [1.82, 2.24) is 19.7 Å². The Morgan fingerprint density at radius 1 is 1.35 bits per heavy atom. The van der Waals surface area contributed by atoms with Gasteiger partial charge in [0.25, 0.3) is 0 Å². The summed E-state index contributed by atoms with van der Waals surface area (Å²) in [6.45, 7) is 2.59.